The number of benzene rings is 2. The smallest absolute Gasteiger partial charge is 0.326 e. The molecule has 1 aliphatic carbocycles. The maximum atomic E-state index is 13.3. The summed E-state index contributed by atoms with van der Waals surface area (Å²) in [6, 6.07) is 0.453. The quantitative estimate of drug-likeness (QED) is 0.0423. The fourth-order valence-corrected chi connectivity index (χ4v) is 6.64. The first-order valence-corrected chi connectivity index (χ1v) is 21.1. The molecule has 2 aromatic carbocycles. The van der Waals surface area contributed by atoms with Crippen LogP contribution < -0.4 is 48.3 Å². The number of primary amides is 1. The first-order chi connectivity index (χ1) is 32.3. The summed E-state index contributed by atoms with van der Waals surface area (Å²) < 4.78 is 0. The van der Waals surface area contributed by atoms with Crippen LogP contribution in [0.1, 0.15) is 80.5 Å². The van der Waals surface area contributed by atoms with Crippen LogP contribution in [0.4, 0.5) is 5.69 Å². The van der Waals surface area contributed by atoms with Gasteiger partial charge in [0.05, 0.1) is 25.2 Å². The molecule has 9 amide bonds. The van der Waals surface area contributed by atoms with Crippen molar-refractivity contribution in [1.29, 1.82) is 0 Å². The molecule has 0 unspecified atom stereocenters. The lowest BCUT2D eigenvalue weighted by Gasteiger charge is -2.27. The van der Waals surface area contributed by atoms with Gasteiger partial charge in [-0.05, 0) is 56.9 Å². The molecule has 0 saturated heterocycles. The molecule has 0 bridgehead atoms. The Bertz CT molecular complexity index is 2390. The second-order valence-corrected chi connectivity index (χ2v) is 15.8. The summed E-state index contributed by atoms with van der Waals surface area (Å²) in [6.07, 6.45) is -6.30. The number of rotatable bonds is 25. The number of hydrogen-bond donors (Lipinski definition) is 13. The Balaban J connectivity index is 1.67. The first-order valence-electron chi connectivity index (χ1n) is 21.1. The maximum Gasteiger partial charge on any atom is 0.326 e. The molecule has 0 spiro atoms. The molecule has 69 heavy (non-hydrogen) atoms. The van der Waals surface area contributed by atoms with E-state index in [9.17, 15) is 82.8 Å². The zero-order chi connectivity index (χ0) is 51.9. The fraction of sp³-hybridized carbons (Fsp3) is 0.419. The molecule has 8 atom stereocenters. The van der Waals surface area contributed by atoms with Gasteiger partial charge in [0.25, 0.3) is 0 Å². The van der Waals surface area contributed by atoms with E-state index in [0.29, 0.717) is 11.1 Å². The zero-order valence-electron chi connectivity index (χ0n) is 37.6. The van der Waals surface area contributed by atoms with Crippen molar-refractivity contribution in [3.05, 3.63) is 53.6 Å². The van der Waals surface area contributed by atoms with Crippen LogP contribution in [0, 0.1) is 0 Å². The van der Waals surface area contributed by atoms with Gasteiger partial charge >= 0.3 is 11.9 Å². The highest BCUT2D eigenvalue weighted by molar-refractivity contribution is 6.53. The van der Waals surface area contributed by atoms with Gasteiger partial charge in [-0.1, -0.05) is 30.3 Å². The molecule has 0 saturated carbocycles. The monoisotopic (exact) mass is 967 g/mol. The summed E-state index contributed by atoms with van der Waals surface area (Å²) >= 11 is 0. The van der Waals surface area contributed by atoms with Crippen LogP contribution >= 0.6 is 0 Å². The largest absolute Gasteiger partial charge is 0.481 e. The SMILES string of the molecule is CC(=O)N[C@H](C(=O)N[C@@H](C)C(=O)N[C@H](C(=O)N[C@@H](CCC(=O)O)C(=O)NCC(=O)N[C@@H](CCC(N)=O)C(=O)N[C@@H](CC(=O)Nc1ccc2c(c1)C(=O)C(=O)c1ccccc1-2)C(=O)O)[C@@H](C)O)[C@@H](C)O. The summed E-state index contributed by atoms with van der Waals surface area (Å²) in [4.78, 5) is 164. The zero-order valence-corrected chi connectivity index (χ0v) is 37.6. The number of carbonyl (C=O) groups is 13. The topological polar surface area (TPSA) is 425 Å². The third kappa shape index (κ3) is 16.3. The molecule has 0 aliphatic heterocycles. The van der Waals surface area contributed by atoms with E-state index in [-0.39, 0.29) is 16.8 Å². The lowest BCUT2D eigenvalue weighted by molar-refractivity contribution is -0.143. The van der Waals surface area contributed by atoms with Gasteiger partial charge in [0.2, 0.25) is 64.7 Å². The molecule has 3 rings (SSSR count). The highest BCUT2D eigenvalue weighted by Gasteiger charge is 2.35. The van der Waals surface area contributed by atoms with E-state index in [1.807, 2.05) is 0 Å². The van der Waals surface area contributed by atoms with E-state index in [4.69, 9.17) is 5.73 Å². The van der Waals surface area contributed by atoms with Crippen LogP contribution in [-0.2, 0) is 52.7 Å². The Morgan fingerprint density at radius 1 is 0.580 bits per heavy atom. The molecule has 0 aromatic heterocycles. The first kappa shape index (κ1) is 55.2. The number of aliphatic carboxylic acids is 2. The number of anilines is 1. The predicted octanol–water partition coefficient (Wildman–Crippen LogP) is -3.90. The Hall–Kier alpha value is -8.13. The van der Waals surface area contributed by atoms with Crippen LogP contribution in [0.15, 0.2) is 42.5 Å². The number of carboxylic acids is 2. The molecule has 0 radical (unpaired) electrons. The molecule has 2 aromatic rings. The van der Waals surface area contributed by atoms with Gasteiger partial charge in [0.1, 0.15) is 36.3 Å². The van der Waals surface area contributed by atoms with E-state index in [1.165, 1.54) is 38.1 Å². The summed E-state index contributed by atoms with van der Waals surface area (Å²) in [6.45, 7) is 3.56. The normalized spacial score (nSPS) is 15.0. The number of carboxylic acid groups (broad SMARTS) is 2. The Morgan fingerprint density at radius 3 is 1.70 bits per heavy atom. The lowest BCUT2D eigenvalue weighted by atomic mass is 9.84. The summed E-state index contributed by atoms with van der Waals surface area (Å²) in [5.74, 6) is -14.1. The van der Waals surface area contributed by atoms with Crippen LogP contribution in [0.25, 0.3) is 11.1 Å². The Kier molecular flexibility index (Phi) is 20.1. The number of ketones is 2. The number of aliphatic hydroxyl groups is 2. The van der Waals surface area contributed by atoms with E-state index in [0.717, 1.165) is 13.8 Å². The average Bonchev–Trinajstić information content (AvgIpc) is 3.27. The van der Waals surface area contributed by atoms with Crippen molar-refractivity contribution < 1.29 is 82.8 Å². The highest BCUT2D eigenvalue weighted by atomic mass is 16.4. The minimum atomic E-state index is -1.94. The molecule has 26 nitrogen and oxygen atoms in total. The minimum Gasteiger partial charge on any atom is -0.481 e. The Labute approximate surface area is 392 Å². The molecule has 26 heteroatoms. The summed E-state index contributed by atoms with van der Waals surface area (Å²) in [7, 11) is 0. The standard InChI is InChI=1S/C43H53N9O17/c1-18(46-41(66)34(19(2)53)47-21(4)55)38(63)52-35(20(3)54)42(67)50-27(12-14-33(59)60)39(64)45-17-32(58)49-28(11-13-30(44)56)40(65)51-29(43(68)69)16-31(57)48-22-9-10-24-23-7-5-6-8-25(23)36(61)37(62)26(24)15-22/h5-10,15,18-20,27-29,34-35,53-54H,11-14,16-17H2,1-4H3,(H2,44,56)(H,45,64)(H,46,66)(H,47,55)(H,48,57)(H,49,58)(H,50,67)(H,51,65)(H,52,63)(H,59,60)(H,68,69)/t18-,19+,20+,27-,28-,29-,34-,35-/m0/s1. The third-order valence-corrected chi connectivity index (χ3v) is 10.2. The number of nitrogens with two attached hydrogens (primary N) is 1. The third-order valence-electron chi connectivity index (χ3n) is 10.2. The van der Waals surface area contributed by atoms with E-state index >= 15 is 0 Å². The van der Waals surface area contributed by atoms with Gasteiger partial charge < -0.3 is 68.7 Å². The molecule has 0 fully saturated rings. The van der Waals surface area contributed by atoms with E-state index in [2.05, 4.69) is 42.5 Å². The predicted molar refractivity (Wildman–Crippen MR) is 236 cm³/mol. The minimum absolute atomic E-state index is 0.0128. The molecule has 0 heterocycles. The van der Waals surface area contributed by atoms with Crippen molar-refractivity contribution in [1.82, 2.24) is 37.2 Å². The number of Topliss-reactive ketones (excluding diaryl/α,β-unsaturated/α-hetero) is 2. The van der Waals surface area contributed by atoms with Crippen LogP contribution in [0.3, 0.4) is 0 Å². The lowest BCUT2D eigenvalue weighted by Crippen LogP contribution is -2.61. The molecular formula is C43H53N9O17. The molecule has 372 valence electrons. The second kappa shape index (κ2) is 25.1. The highest BCUT2D eigenvalue weighted by Crippen LogP contribution is 2.34. The van der Waals surface area contributed by atoms with Gasteiger partial charge in [0, 0.05) is 36.6 Å². The summed E-state index contributed by atoms with van der Waals surface area (Å²) in [5.41, 5.74) is 6.34. The van der Waals surface area contributed by atoms with Crippen LogP contribution in [0.5, 0.6) is 0 Å². The second-order valence-electron chi connectivity index (χ2n) is 15.8. The van der Waals surface area contributed by atoms with Crippen molar-refractivity contribution in [3.8, 4) is 11.1 Å². The van der Waals surface area contributed by atoms with Crippen molar-refractivity contribution in [2.45, 2.75) is 108 Å². The molecular weight excluding hydrogens is 915 g/mol. The van der Waals surface area contributed by atoms with E-state index < -0.39 is 164 Å². The number of hydrogen-bond acceptors (Lipinski definition) is 15. The number of aliphatic hydroxyl groups excluding tert-OH is 2. The van der Waals surface area contributed by atoms with E-state index in [1.54, 1.807) is 18.2 Å². The van der Waals surface area contributed by atoms with Crippen LogP contribution in [0.2, 0.25) is 0 Å². The van der Waals surface area contributed by atoms with Gasteiger partial charge in [0.15, 0.2) is 0 Å². The van der Waals surface area contributed by atoms with Crippen molar-refractivity contribution >= 4 is 82.4 Å². The average molecular weight is 968 g/mol. The van der Waals surface area contributed by atoms with Crippen LogP contribution in [-0.4, -0.2) is 152 Å². The van der Waals surface area contributed by atoms with Gasteiger partial charge in [-0.15, -0.1) is 0 Å². The maximum absolute atomic E-state index is 13.3. The van der Waals surface area contributed by atoms with Crippen molar-refractivity contribution in [3.63, 3.8) is 0 Å². The number of nitrogens with one attached hydrogen (secondary N) is 8. The molecule has 1 aliphatic rings. The summed E-state index contributed by atoms with van der Waals surface area (Å²) in [5, 5.41) is 56.9. The van der Waals surface area contributed by atoms with Gasteiger partial charge in [-0.2, -0.15) is 0 Å². The van der Waals surface area contributed by atoms with Gasteiger partial charge in [-0.25, -0.2) is 4.79 Å². The Morgan fingerprint density at radius 2 is 1.12 bits per heavy atom. The van der Waals surface area contributed by atoms with Gasteiger partial charge in [-0.3, -0.25) is 57.5 Å². The fourth-order valence-electron chi connectivity index (χ4n) is 6.64. The number of amides is 9. The van der Waals surface area contributed by atoms with Crippen molar-refractivity contribution in [2.75, 3.05) is 11.9 Å². The van der Waals surface area contributed by atoms with Crippen molar-refractivity contribution in [2.24, 2.45) is 5.73 Å². The molecule has 14 N–H and O–H groups in total. The number of fused-ring (bicyclic) bond motifs is 3. The number of carbonyl (C=O) groups excluding carboxylic acids is 11.